The fourth-order valence-corrected chi connectivity index (χ4v) is 1.91. The Bertz CT molecular complexity index is 547. The van der Waals surface area contributed by atoms with Gasteiger partial charge in [-0.3, -0.25) is 20.2 Å². The number of sulfone groups is 1. The van der Waals surface area contributed by atoms with Gasteiger partial charge < -0.3 is 0 Å². The summed E-state index contributed by atoms with van der Waals surface area (Å²) in [6, 6.07) is 3.46. The summed E-state index contributed by atoms with van der Waals surface area (Å²) < 4.78 is 22.9. The highest BCUT2D eigenvalue weighted by molar-refractivity contribution is 7.91. The SMILES string of the molecule is CCS(=O)(=O)c1[c]c([N+](=O)[O-])cc([N+](=O)[O-])c1. The lowest BCUT2D eigenvalue weighted by Crippen LogP contribution is -2.05. The van der Waals surface area contributed by atoms with Crippen LogP contribution >= 0.6 is 0 Å². The molecule has 0 spiro atoms. The van der Waals surface area contributed by atoms with E-state index in [0.29, 0.717) is 6.07 Å². The van der Waals surface area contributed by atoms with Crippen LogP contribution in [0.25, 0.3) is 0 Å². The summed E-state index contributed by atoms with van der Waals surface area (Å²) >= 11 is 0. The van der Waals surface area contributed by atoms with E-state index in [4.69, 9.17) is 0 Å². The van der Waals surface area contributed by atoms with Crippen LogP contribution in [-0.2, 0) is 9.84 Å². The summed E-state index contributed by atoms with van der Waals surface area (Å²) in [5.41, 5.74) is -1.39. The molecule has 9 heteroatoms. The standard InChI is InChI=1S/C8H7N2O6S/c1-2-17(15,16)8-4-6(9(11)12)3-7(5-8)10(13)14/h3-4H,2H2,1H3. The van der Waals surface area contributed by atoms with Crippen molar-refractivity contribution in [2.24, 2.45) is 0 Å². The number of hydrogen-bond acceptors (Lipinski definition) is 6. The van der Waals surface area contributed by atoms with Crippen molar-refractivity contribution < 1.29 is 18.3 Å². The van der Waals surface area contributed by atoms with Crippen molar-refractivity contribution in [1.82, 2.24) is 0 Å². The lowest BCUT2D eigenvalue weighted by molar-refractivity contribution is -0.394. The molecule has 91 valence electrons. The number of hydrogen-bond donors (Lipinski definition) is 0. The lowest BCUT2D eigenvalue weighted by atomic mass is 10.3. The molecule has 0 atom stereocenters. The van der Waals surface area contributed by atoms with Crippen LogP contribution in [-0.4, -0.2) is 24.0 Å². The highest BCUT2D eigenvalue weighted by atomic mass is 32.2. The first-order chi connectivity index (χ1) is 7.77. The quantitative estimate of drug-likeness (QED) is 0.589. The molecule has 1 aromatic carbocycles. The molecule has 0 bridgehead atoms. The molecule has 0 saturated carbocycles. The predicted molar refractivity (Wildman–Crippen MR) is 56.3 cm³/mol. The summed E-state index contributed by atoms with van der Waals surface area (Å²) in [5, 5.41) is 21.0. The van der Waals surface area contributed by atoms with Gasteiger partial charge in [-0.1, -0.05) is 6.92 Å². The predicted octanol–water partition coefficient (Wildman–Crippen LogP) is 1.10. The molecule has 0 saturated heterocycles. The molecule has 1 aromatic rings. The first-order valence-electron chi connectivity index (χ1n) is 4.37. The molecule has 1 radical (unpaired) electrons. The maximum absolute atomic E-state index is 11.5. The van der Waals surface area contributed by atoms with Gasteiger partial charge in [0.25, 0.3) is 11.4 Å². The molecule has 0 aliphatic rings. The van der Waals surface area contributed by atoms with Crippen molar-refractivity contribution in [3.63, 3.8) is 0 Å². The van der Waals surface area contributed by atoms with Crippen molar-refractivity contribution in [2.75, 3.05) is 5.75 Å². The number of benzene rings is 1. The molecule has 0 fully saturated rings. The van der Waals surface area contributed by atoms with Crippen molar-refractivity contribution in [3.8, 4) is 0 Å². The van der Waals surface area contributed by atoms with Crippen molar-refractivity contribution in [3.05, 3.63) is 38.4 Å². The van der Waals surface area contributed by atoms with E-state index in [0.717, 1.165) is 6.07 Å². The zero-order valence-electron chi connectivity index (χ0n) is 8.61. The molecule has 17 heavy (non-hydrogen) atoms. The largest absolute Gasteiger partial charge is 0.285 e. The fourth-order valence-electron chi connectivity index (χ4n) is 1.04. The van der Waals surface area contributed by atoms with Crippen LogP contribution in [0.3, 0.4) is 0 Å². The average molecular weight is 259 g/mol. The van der Waals surface area contributed by atoms with Crippen molar-refractivity contribution >= 4 is 21.2 Å². The molecule has 0 amide bonds. The molecule has 0 aliphatic carbocycles. The van der Waals surface area contributed by atoms with Gasteiger partial charge in [-0.25, -0.2) is 8.42 Å². The first kappa shape index (κ1) is 13.0. The zero-order chi connectivity index (χ0) is 13.2. The highest BCUT2D eigenvalue weighted by Gasteiger charge is 2.22. The average Bonchev–Trinajstić information content (AvgIpc) is 2.28. The summed E-state index contributed by atoms with van der Waals surface area (Å²) in [6.45, 7) is 1.33. The number of nitro groups is 2. The van der Waals surface area contributed by atoms with Gasteiger partial charge in [0.05, 0.1) is 32.6 Å². The van der Waals surface area contributed by atoms with E-state index >= 15 is 0 Å². The third-order valence-corrected chi connectivity index (χ3v) is 3.59. The molecule has 1 rings (SSSR count). The third-order valence-electron chi connectivity index (χ3n) is 1.94. The van der Waals surface area contributed by atoms with Gasteiger partial charge >= 0.3 is 0 Å². The summed E-state index contributed by atoms with van der Waals surface area (Å²) in [7, 11) is -3.77. The first-order valence-corrected chi connectivity index (χ1v) is 6.02. The van der Waals surface area contributed by atoms with E-state index in [2.05, 4.69) is 0 Å². The fraction of sp³-hybridized carbons (Fsp3) is 0.250. The zero-order valence-corrected chi connectivity index (χ0v) is 9.43. The minimum atomic E-state index is -3.77. The second-order valence-corrected chi connectivity index (χ2v) is 5.25. The van der Waals surface area contributed by atoms with E-state index in [1.807, 2.05) is 6.07 Å². The van der Waals surface area contributed by atoms with E-state index in [1.54, 1.807) is 0 Å². The van der Waals surface area contributed by atoms with E-state index in [1.165, 1.54) is 6.92 Å². The van der Waals surface area contributed by atoms with Crippen LogP contribution in [0, 0.1) is 26.3 Å². The molecule has 0 aliphatic heterocycles. The Kier molecular flexibility index (Phi) is 3.42. The summed E-state index contributed by atoms with van der Waals surface area (Å²) in [5.74, 6) is -0.318. The number of nitrogens with zero attached hydrogens (tertiary/aromatic N) is 2. The van der Waals surface area contributed by atoms with Gasteiger partial charge in [0.15, 0.2) is 9.84 Å². The minimum absolute atomic E-state index is 0.318. The molecular weight excluding hydrogens is 252 g/mol. The topological polar surface area (TPSA) is 120 Å². The number of non-ortho nitro benzene ring substituents is 2. The lowest BCUT2D eigenvalue weighted by Gasteiger charge is -2.00. The number of nitro benzene ring substituents is 2. The van der Waals surface area contributed by atoms with E-state index < -0.39 is 36.0 Å². The molecule has 0 N–H and O–H groups in total. The van der Waals surface area contributed by atoms with Gasteiger partial charge in [-0.15, -0.1) is 0 Å². The van der Waals surface area contributed by atoms with Crippen LogP contribution in [0.15, 0.2) is 17.0 Å². The highest BCUT2D eigenvalue weighted by Crippen LogP contribution is 2.25. The Labute approximate surface area is 96.1 Å². The van der Waals surface area contributed by atoms with Crippen LogP contribution in [0.2, 0.25) is 0 Å². The number of rotatable bonds is 4. The second-order valence-electron chi connectivity index (χ2n) is 3.01. The maximum Gasteiger partial charge on any atom is 0.285 e. The Morgan fingerprint density at radius 3 is 2.24 bits per heavy atom. The van der Waals surface area contributed by atoms with Crippen LogP contribution in [0.5, 0.6) is 0 Å². The monoisotopic (exact) mass is 259 g/mol. The van der Waals surface area contributed by atoms with Crippen LogP contribution in [0.4, 0.5) is 11.4 Å². The Balaban J connectivity index is 3.53. The minimum Gasteiger partial charge on any atom is -0.258 e. The van der Waals surface area contributed by atoms with Gasteiger partial charge in [-0.05, 0) is 0 Å². The molecule has 8 nitrogen and oxygen atoms in total. The maximum atomic E-state index is 11.5. The van der Waals surface area contributed by atoms with Crippen LogP contribution < -0.4 is 0 Å². The van der Waals surface area contributed by atoms with E-state index in [-0.39, 0.29) is 5.75 Å². The van der Waals surface area contributed by atoms with Gasteiger partial charge in [-0.2, -0.15) is 0 Å². The Hall–Kier alpha value is -2.03. The van der Waals surface area contributed by atoms with Gasteiger partial charge in [0, 0.05) is 6.07 Å². The van der Waals surface area contributed by atoms with Gasteiger partial charge in [0.1, 0.15) is 0 Å². The molecule has 0 unspecified atom stereocenters. The smallest absolute Gasteiger partial charge is 0.258 e. The third kappa shape index (κ3) is 2.75. The Morgan fingerprint density at radius 2 is 1.82 bits per heavy atom. The Morgan fingerprint density at radius 1 is 1.24 bits per heavy atom. The molecule has 0 aromatic heterocycles. The van der Waals surface area contributed by atoms with Crippen LogP contribution in [0.1, 0.15) is 6.92 Å². The molecule has 0 heterocycles. The van der Waals surface area contributed by atoms with Gasteiger partial charge in [0.2, 0.25) is 0 Å². The summed E-state index contributed by atoms with van der Waals surface area (Å²) in [6.07, 6.45) is 0. The van der Waals surface area contributed by atoms with Crippen molar-refractivity contribution in [1.29, 1.82) is 0 Å². The normalized spacial score (nSPS) is 11.1. The molecular formula is C8H7N2O6S. The second kappa shape index (κ2) is 4.45. The van der Waals surface area contributed by atoms with E-state index in [9.17, 15) is 28.6 Å². The summed E-state index contributed by atoms with van der Waals surface area (Å²) in [4.78, 5) is 18.7. The van der Waals surface area contributed by atoms with Crippen molar-refractivity contribution in [2.45, 2.75) is 11.8 Å².